The predicted molar refractivity (Wildman–Crippen MR) is 72.4 cm³/mol. The Labute approximate surface area is 105 Å². The first-order chi connectivity index (χ1) is 8.19. The van der Waals surface area contributed by atoms with Crippen molar-refractivity contribution in [3.8, 4) is 0 Å². The van der Waals surface area contributed by atoms with E-state index in [2.05, 4.69) is 25.7 Å². The minimum Gasteiger partial charge on any atom is -0.300 e. The fraction of sp³-hybridized carbons (Fsp3) is 0.533. The van der Waals surface area contributed by atoms with Gasteiger partial charge in [-0.3, -0.25) is 4.79 Å². The Morgan fingerprint density at radius 2 is 1.88 bits per heavy atom. The molecule has 0 aliphatic carbocycles. The molecule has 94 valence electrons. The molecule has 2 heteroatoms. The van der Waals surface area contributed by atoms with Crippen molar-refractivity contribution in [2.75, 3.05) is 13.1 Å². The molecular formula is C15H23NO. The summed E-state index contributed by atoms with van der Waals surface area (Å²) in [6.07, 6.45) is 1.75. The van der Waals surface area contributed by atoms with E-state index in [9.17, 15) is 4.79 Å². The van der Waals surface area contributed by atoms with Gasteiger partial charge >= 0.3 is 0 Å². The van der Waals surface area contributed by atoms with Gasteiger partial charge in [-0.05, 0) is 19.9 Å². The van der Waals surface area contributed by atoms with Crippen LogP contribution >= 0.6 is 0 Å². The Bertz CT molecular complexity index is 334. The van der Waals surface area contributed by atoms with Gasteiger partial charge in [-0.1, -0.05) is 44.2 Å². The molecule has 1 unspecified atom stereocenters. The van der Waals surface area contributed by atoms with Gasteiger partial charge in [-0.15, -0.1) is 0 Å². The largest absolute Gasteiger partial charge is 0.300 e. The molecule has 0 saturated carbocycles. The van der Waals surface area contributed by atoms with Crippen LogP contribution in [0.2, 0.25) is 0 Å². The number of Topliss-reactive ketones (excluding diaryl/α,β-unsaturated/α-hetero) is 1. The highest BCUT2D eigenvalue weighted by molar-refractivity contribution is 5.96. The highest BCUT2D eigenvalue weighted by Gasteiger charge is 2.12. The van der Waals surface area contributed by atoms with Gasteiger partial charge in [-0.25, -0.2) is 0 Å². The second-order valence-electron chi connectivity index (χ2n) is 4.43. The average molecular weight is 233 g/mol. The van der Waals surface area contributed by atoms with Crippen LogP contribution in [0.15, 0.2) is 30.3 Å². The first kappa shape index (κ1) is 13.9. The standard InChI is InChI=1S/C15H23NO/c1-4-13(3)16(5-2)12-11-15(17)14-9-7-6-8-10-14/h6-10,13H,4-5,11-12H2,1-3H3. The van der Waals surface area contributed by atoms with E-state index in [0.717, 1.165) is 25.1 Å². The van der Waals surface area contributed by atoms with Gasteiger partial charge in [0.05, 0.1) is 0 Å². The van der Waals surface area contributed by atoms with Gasteiger partial charge in [0.25, 0.3) is 0 Å². The van der Waals surface area contributed by atoms with Gasteiger partial charge in [0.1, 0.15) is 0 Å². The molecule has 0 fully saturated rings. The highest BCUT2D eigenvalue weighted by Crippen LogP contribution is 2.07. The van der Waals surface area contributed by atoms with Gasteiger partial charge in [0, 0.05) is 24.6 Å². The SMILES string of the molecule is CCC(C)N(CC)CCC(=O)c1ccccc1. The summed E-state index contributed by atoms with van der Waals surface area (Å²) in [5, 5.41) is 0. The van der Waals surface area contributed by atoms with Crippen LogP contribution in [0, 0.1) is 0 Å². The first-order valence-electron chi connectivity index (χ1n) is 6.51. The van der Waals surface area contributed by atoms with Crippen LogP contribution in [-0.4, -0.2) is 29.8 Å². The second kappa shape index (κ2) is 7.23. The summed E-state index contributed by atoms with van der Waals surface area (Å²) in [5.41, 5.74) is 0.827. The summed E-state index contributed by atoms with van der Waals surface area (Å²) in [6.45, 7) is 8.43. The molecule has 1 rings (SSSR count). The van der Waals surface area contributed by atoms with Crippen LogP contribution in [0.1, 0.15) is 44.0 Å². The Hall–Kier alpha value is -1.15. The summed E-state index contributed by atoms with van der Waals surface area (Å²) >= 11 is 0. The maximum Gasteiger partial charge on any atom is 0.164 e. The van der Waals surface area contributed by atoms with Crippen molar-refractivity contribution in [3.05, 3.63) is 35.9 Å². The molecule has 0 aliphatic rings. The van der Waals surface area contributed by atoms with Crippen molar-refractivity contribution in [1.82, 2.24) is 4.90 Å². The summed E-state index contributed by atoms with van der Waals surface area (Å²) < 4.78 is 0. The molecule has 0 amide bonds. The third-order valence-electron chi connectivity index (χ3n) is 3.34. The van der Waals surface area contributed by atoms with Gasteiger partial charge in [-0.2, -0.15) is 0 Å². The Morgan fingerprint density at radius 3 is 2.41 bits per heavy atom. The molecule has 0 aliphatic heterocycles. The van der Waals surface area contributed by atoms with Crippen molar-refractivity contribution < 1.29 is 4.79 Å². The molecule has 0 N–H and O–H groups in total. The van der Waals surface area contributed by atoms with Crippen molar-refractivity contribution >= 4 is 5.78 Å². The van der Waals surface area contributed by atoms with Crippen molar-refractivity contribution in [1.29, 1.82) is 0 Å². The number of hydrogen-bond acceptors (Lipinski definition) is 2. The zero-order valence-corrected chi connectivity index (χ0v) is 11.1. The Kier molecular flexibility index (Phi) is 5.92. The maximum absolute atomic E-state index is 11.9. The monoisotopic (exact) mass is 233 g/mol. The molecule has 0 spiro atoms. The van der Waals surface area contributed by atoms with E-state index in [-0.39, 0.29) is 5.78 Å². The Balaban J connectivity index is 2.47. The quantitative estimate of drug-likeness (QED) is 0.673. The van der Waals surface area contributed by atoms with E-state index in [1.54, 1.807) is 0 Å². The van der Waals surface area contributed by atoms with Crippen molar-refractivity contribution in [3.63, 3.8) is 0 Å². The van der Waals surface area contributed by atoms with Gasteiger partial charge in [0.15, 0.2) is 5.78 Å². The zero-order valence-electron chi connectivity index (χ0n) is 11.1. The van der Waals surface area contributed by atoms with Crippen molar-refractivity contribution in [2.45, 2.75) is 39.7 Å². The van der Waals surface area contributed by atoms with Crippen LogP contribution in [0.4, 0.5) is 0 Å². The summed E-state index contributed by atoms with van der Waals surface area (Å²) in [5.74, 6) is 0.243. The number of carbonyl (C=O) groups excluding carboxylic acids is 1. The molecule has 2 nitrogen and oxygen atoms in total. The smallest absolute Gasteiger partial charge is 0.164 e. The lowest BCUT2D eigenvalue weighted by Gasteiger charge is -2.26. The van der Waals surface area contributed by atoms with E-state index in [0.29, 0.717) is 12.5 Å². The molecule has 17 heavy (non-hydrogen) atoms. The van der Waals surface area contributed by atoms with Crippen LogP contribution < -0.4 is 0 Å². The van der Waals surface area contributed by atoms with E-state index in [1.807, 2.05) is 30.3 Å². The average Bonchev–Trinajstić information content (AvgIpc) is 2.39. The minimum atomic E-state index is 0.243. The third kappa shape index (κ3) is 4.31. The normalized spacial score (nSPS) is 12.7. The minimum absolute atomic E-state index is 0.243. The van der Waals surface area contributed by atoms with Crippen LogP contribution in [0.5, 0.6) is 0 Å². The molecule has 0 aromatic heterocycles. The predicted octanol–water partition coefficient (Wildman–Crippen LogP) is 3.38. The molecule has 1 aromatic carbocycles. The highest BCUT2D eigenvalue weighted by atomic mass is 16.1. The van der Waals surface area contributed by atoms with Crippen LogP contribution in [-0.2, 0) is 0 Å². The van der Waals surface area contributed by atoms with E-state index >= 15 is 0 Å². The first-order valence-corrected chi connectivity index (χ1v) is 6.51. The molecule has 1 aromatic rings. The number of ketones is 1. The topological polar surface area (TPSA) is 20.3 Å². The third-order valence-corrected chi connectivity index (χ3v) is 3.34. The molecule has 0 radical (unpaired) electrons. The summed E-state index contributed by atoms with van der Waals surface area (Å²) in [7, 11) is 0. The number of nitrogens with zero attached hydrogens (tertiary/aromatic N) is 1. The second-order valence-corrected chi connectivity index (χ2v) is 4.43. The summed E-state index contributed by atoms with van der Waals surface area (Å²) in [4.78, 5) is 14.3. The fourth-order valence-corrected chi connectivity index (χ4v) is 1.96. The molecule has 0 heterocycles. The molecule has 0 saturated heterocycles. The number of rotatable bonds is 7. The van der Waals surface area contributed by atoms with E-state index in [4.69, 9.17) is 0 Å². The van der Waals surface area contributed by atoms with Crippen LogP contribution in [0.25, 0.3) is 0 Å². The number of hydrogen-bond donors (Lipinski definition) is 0. The zero-order chi connectivity index (χ0) is 12.7. The van der Waals surface area contributed by atoms with E-state index in [1.165, 1.54) is 0 Å². The molecule has 0 bridgehead atoms. The lowest BCUT2D eigenvalue weighted by Crippen LogP contribution is -2.34. The maximum atomic E-state index is 11.9. The fourth-order valence-electron chi connectivity index (χ4n) is 1.96. The van der Waals surface area contributed by atoms with Crippen LogP contribution in [0.3, 0.4) is 0 Å². The Morgan fingerprint density at radius 1 is 1.24 bits per heavy atom. The van der Waals surface area contributed by atoms with Gasteiger partial charge in [0.2, 0.25) is 0 Å². The molecular weight excluding hydrogens is 210 g/mol. The lowest BCUT2D eigenvalue weighted by atomic mass is 10.1. The number of carbonyl (C=O) groups is 1. The van der Waals surface area contributed by atoms with Crippen molar-refractivity contribution in [2.24, 2.45) is 0 Å². The van der Waals surface area contributed by atoms with E-state index < -0.39 is 0 Å². The lowest BCUT2D eigenvalue weighted by molar-refractivity contribution is 0.0954. The number of benzene rings is 1. The van der Waals surface area contributed by atoms with Gasteiger partial charge < -0.3 is 4.90 Å². The molecule has 1 atom stereocenters. The summed E-state index contributed by atoms with van der Waals surface area (Å²) in [6, 6.07) is 10.1.